The van der Waals surface area contributed by atoms with Gasteiger partial charge in [-0.2, -0.15) is 0 Å². The first-order valence-corrected chi connectivity index (χ1v) is 12.1. The lowest BCUT2D eigenvalue weighted by atomic mass is 10.1. The maximum Gasteiger partial charge on any atom is 0.261 e. The zero-order valence-corrected chi connectivity index (χ0v) is 18.7. The quantitative estimate of drug-likeness (QED) is 0.507. The summed E-state index contributed by atoms with van der Waals surface area (Å²) in [4.78, 5) is 13.7. The number of amides is 1. The molecule has 0 spiro atoms. The molecule has 1 amide bonds. The molecule has 0 heterocycles. The van der Waals surface area contributed by atoms with E-state index in [-0.39, 0.29) is 16.8 Å². The number of nitrogens with one attached hydrogen (secondary N) is 2. The van der Waals surface area contributed by atoms with Crippen LogP contribution in [0, 0.1) is 6.92 Å². The maximum absolute atomic E-state index is 12.5. The fourth-order valence-corrected chi connectivity index (χ4v) is 4.34. The minimum absolute atomic E-state index is 0.138. The molecular formula is C23H24N2O3S2. The predicted molar refractivity (Wildman–Crippen MR) is 123 cm³/mol. The second kappa shape index (κ2) is 9.36. The summed E-state index contributed by atoms with van der Waals surface area (Å²) in [5, 5.41) is 2.96. The van der Waals surface area contributed by atoms with Crippen molar-refractivity contribution in [3.8, 4) is 0 Å². The van der Waals surface area contributed by atoms with Gasteiger partial charge in [-0.25, -0.2) is 8.42 Å². The van der Waals surface area contributed by atoms with Crippen LogP contribution in [0.1, 0.15) is 34.5 Å². The van der Waals surface area contributed by atoms with Crippen molar-refractivity contribution in [3.63, 3.8) is 0 Å². The summed E-state index contributed by atoms with van der Waals surface area (Å²) in [5.41, 5.74) is 3.04. The van der Waals surface area contributed by atoms with E-state index >= 15 is 0 Å². The standard InChI is InChI=1S/C23H24N2O3S2/c1-16-4-6-18(7-5-16)17(2)24-23(26)19-8-10-20(11-9-19)25-30(27,28)22-14-12-21(29-3)13-15-22/h4-15,17,25H,1-3H3,(H,24,26)/t17-/m0/s1. The van der Waals surface area contributed by atoms with E-state index in [0.29, 0.717) is 11.3 Å². The first kappa shape index (κ1) is 21.9. The van der Waals surface area contributed by atoms with E-state index in [1.807, 2.05) is 44.4 Å². The minimum atomic E-state index is -3.69. The van der Waals surface area contributed by atoms with Crippen LogP contribution in [0.25, 0.3) is 0 Å². The monoisotopic (exact) mass is 440 g/mol. The summed E-state index contributed by atoms with van der Waals surface area (Å²) < 4.78 is 27.6. The van der Waals surface area contributed by atoms with Gasteiger partial charge in [-0.1, -0.05) is 29.8 Å². The number of thioether (sulfide) groups is 1. The fraction of sp³-hybridized carbons (Fsp3) is 0.174. The molecular weight excluding hydrogens is 416 g/mol. The Morgan fingerprint density at radius 2 is 1.50 bits per heavy atom. The van der Waals surface area contributed by atoms with Crippen LogP contribution in [0.4, 0.5) is 5.69 Å². The highest BCUT2D eigenvalue weighted by atomic mass is 32.2. The van der Waals surface area contributed by atoms with Crippen molar-refractivity contribution < 1.29 is 13.2 Å². The highest BCUT2D eigenvalue weighted by Crippen LogP contribution is 2.21. The summed E-state index contributed by atoms with van der Waals surface area (Å²) in [6, 6.07) is 20.9. The fourth-order valence-electron chi connectivity index (χ4n) is 2.88. The van der Waals surface area contributed by atoms with Crippen molar-refractivity contribution in [1.29, 1.82) is 0 Å². The second-order valence-electron chi connectivity index (χ2n) is 6.96. The van der Waals surface area contributed by atoms with E-state index in [0.717, 1.165) is 16.0 Å². The summed E-state index contributed by atoms with van der Waals surface area (Å²) >= 11 is 1.55. The highest BCUT2D eigenvalue weighted by Gasteiger charge is 2.15. The van der Waals surface area contributed by atoms with E-state index < -0.39 is 10.0 Å². The van der Waals surface area contributed by atoms with Crippen molar-refractivity contribution in [2.75, 3.05) is 11.0 Å². The van der Waals surface area contributed by atoms with Crippen molar-refractivity contribution in [3.05, 3.63) is 89.5 Å². The van der Waals surface area contributed by atoms with Crippen molar-refractivity contribution in [1.82, 2.24) is 5.32 Å². The summed E-state index contributed by atoms with van der Waals surface area (Å²) in [7, 11) is -3.69. The molecule has 3 rings (SSSR count). The lowest BCUT2D eigenvalue weighted by molar-refractivity contribution is 0.0940. The van der Waals surface area contributed by atoms with Crippen LogP contribution in [-0.4, -0.2) is 20.6 Å². The van der Waals surface area contributed by atoms with Gasteiger partial charge in [0, 0.05) is 16.1 Å². The number of benzene rings is 3. The van der Waals surface area contributed by atoms with Gasteiger partial charge in [-0.15, -0.1) is 11.8 Å². The summed E-state index contributed by atoms with van der Waals surface area (Å²) in [6.45, 7) is 3.94. The van der Waals surface area contributed by atoms with E-state index in [2.05, 4.69) is 10.0 Å². The molecule has 5 nitrogen and oxygen atoms in total. The van der Waals surface area contributed by atoms with Gasteiger partial charge in [0.25, 0.3) is 15.9 Å². The molecule has 1 atom stereocenters. The number of hydrogen-bond donors (Lipinski definition) is 2. The number of hydrogen-bond acceptors (Lipinski definition) is 4. The highest BCUT2D eigenvalue weighted by molar-refractivity contribution is 7.98. The number of rotatable bonds is 7. The van der Waals surface area contributed by atoms with Gasteiger partial charge in [0.1, 0.15) is 0 Å². The predicted octanol–water partition coefficient (Wildman–Crippen LogP) is 5.01. The SMILES string of the molecule is CSc1ccc(S(=O)(=O)Nc2ccc(C(=O)N[C@@H](C)c3ccc(C)cc3)cc2)cc1. The lowest BCUT2D eigenvalue weighted by Crippen LogP contribution is -2.26. The van der Waals surface area contributed by atoms with Gasteiger partial charge >= 0.3 is 0 Å². The maximum atomic E-state index is 12.5. The normalized spacial score (nSPS) is 12.2. The molecule has 3 aromatic carbocycles. The molecule has 0 aliphatic heterocycles. The van der Waals surface area contributed by atoms with Crippen molar-refractivity contribution in [2.24, 2.45) is 0 Å². The third-order valence-electron chi connectivity index (χ3n) is 4.69. The minimum Gasteiger partial charge on any atom is -0.346 e. The molecule has 0 unspecified atom stereocenters. The average molecular weight is 441 g/mol. The zero-order chi connectivity index (χ0) is 21.7. The molecule has 0 radical (unpaired) electrons. The Morgan fingerprint density at radius 3 is 2.07 bits per heavy atom. The van der Waals surface area contributed by atoms with Gasteiger partial charge in [-0.05, 0) is 74.2 Å². The van der Waals surface area contributed by atoms with Crippen LogP contribution >= 0.6 is 11.8 Å². The van der Waals surface area contributed by atoms with E-state index in [1.54, 1.807) is 60.3 Å². The first-order valence-electron chi connectivity index (χ1n) is 9.43. The van der Waals surface area contributed by atoms with Crippen LogP contribution in [-0.2, 0) is 10.0 Å². The number of anilines is 1. The average Bonchev–Trinajstić information content (AvgIpc) is 2.74. The van der Waals surface area contributed by atoms with Crippen LogP contribution in [0.2, 0.25) is 0 Å². The van der Waals surface area contributed by atoms with Crippen LogP contribution in [0.5, 0.6) is 0 Å². The Hall–Kier alpha value is -2.77. The number of carbonyl (C=O) groups is 1. The van der Waals surface area contributed by atoms with Crippen LogP contribution < -0.4 is 10.0 Å². The number of aryl methyl sites for hydroxylation is 1. The Kier molecular flexibility index (Phi) is 6.84. The molecule has 0 aromatic heterocycles. The molecule has 0 fully saturated rings. The van der Waals surface area contributed by atoms with Crippen molar-refractivity contribution in [2.45, 2.75) is 29.7 Å². The topological polar surface area (TPSA) is 75.3 Å². The van der Waals surface area contributed by atoms with Gasteiger partial charge in [0.2, 0.25) is 0 Å². The first-order chi connectivity index (χ1) is 14.3. The molecule has 0 aliphatic carbocycles. The Labute approximate surface area is 182 Å². The van der Waals surface area contributed by atoms with E-state index in [9.17, 15) is 13.2 Å². The second-order valence-corrected chi connectivity index (χ2v) is 9.53. The molecule has 156 valence electrons. The number of carbonyl (C=O) groups excluding carboxylic acids is 1. The van der Waals surface area contributed by atoms with Gasteiger partial charge < -0.3 is 5.32 Å². The Bertz CT molecular complexity index is 1110. The third-order valence-corrected chi connectivity index (χ3v) is 6.83. The summed E-state index contributed by atoms with van der Waals surface area (Å²) in [5.74, 6) is -0.217. The Balaban J connectivity index is 1.66. The third kappa shape index (κ3) is 5.43. The van der Waals surface area contributed by atoms with Crippen LogP contribution in [0.3, 0.4) is 0 Å². The lowest BCUT2D eigenvalue weighted by Gasteiger charge is -2.15. The molecule has 3 aromatic rings. The molecule has 0 aliphatic rings. The van der Waals surface area contributed by atoms with Crippen molar-refractivity contribution >= 4 is 33.4 Å². The molecule has 2 N–H and O–H groups in total. The smallest absolute Gasteiger partial charge is 0.261 e. The van der Waals surface area contributed by atoms with Gasteiger partial charge in [-0.3, -0.25) is 9.52 Å². The Morgan fingerprint density at radius 1 is 0.900 bits per heavy atom. The number of sulfonamides is 1. The van der Waals surface area contributed by atoms with Gasteiger partial charge in [0.05, 0.1) is 10.9 Å². The summed E-state index contributed by atoms with van der Waals surface area (Å²) in [6.07, 6.45) is 1.93. The van der Waals surface area contributed by atoms with Crippen LogP contribution in [0.15, 0.2) is 82.6 Å². The molecule has 0 bridgehead atoms. The molecule has 0 saturated heterocycles. The van der Waals surface area contributed by atoms with Gasteiger partial charge in [0.15, 0.2) is 0 Å². The molecule has 0 saturated carbocycles. The zero-order valence-electron chi connectivity index (χ0n) is 17.0. The van der Waals surface area contributed by atoms with E-state index in [1.165, 1.54) is 0 Å². The largest absolute Gasteiger partial charge is 0.346 e. The van der Waals surface area contributed by atoms with E-state index in [4.69, 9.17) is 0 Å². The molecule has 7 heteroatoms. The molecule has 30 heavy (non-hydrogen) atoms.